The number of nitrogens with one attached hydrogen (secondary N) is 1. The zero-order chi connectivity index (χ0) is 17.8. The molecular formula is C18H20F2N4O. The number of amides is 1. The van der Waals surface area contributed by atoms with Crippen LogP contribution in [-0.2, 0) is 6.42 Å². The number of aromatic nitrogens is 2. The van der Waals surface area contributed by atoms with Crippen molar-refractivity contribution in [3.63, 3.8) is 0 Å². The summed E-state index contributed by atoms with van der Waals surface area (Å²) < 4.78 is 26.3. The third kappa shape index (κ3) is 4.10. The fraction of sp³-hybridized carbons (Fsp3) is 0.389. The topological polar surface area (TPSA) is 58.1 Å². The minimum atomic E-state index is -0.808. The van der Waals surface area contributed by atoms with Crippen LogP contribution in [0.3, 0.4) is 0 Å². The Balaban J connectivity index is 1.56. The van der Waals surface area contributed by atoms with Crippen LogP contribution in [0.4, 0.5) is 14.6 Å². The Morgan fingerprint density at radius 3 is 2.52 bits per heavy atom. The first-order valence-electron chi connectivity index (χ1n) is 8.31. The first kappa shape index (κ1) is 17.3. The van der Waals surface area contributed by atoms with E-state index in [9.17, 15) is 13.6 Å². The van der Waals surface area contributed by atoms with E-state index in [-0.39, 0.29) is 5.91 Å². The number of anilines is 1. The minimum Gasteiger partial charge on any atom is -0.355 e. The molecule has 1 saturated heterocycles. The van der Waals surface area contributed by atoms with E-state index < -0.39 is 11.6 Å². The Bertz CT molecular complexity index is 743. The number of halogens is 2. The molecule has 0 bridgehead atoms. The van der Waals surface area contributed by atoms with E-state index in [4.69, 9.17) is 0 Å². The fourth-order valence-electron chi connectivity index (χ4n) is 3.11. The number of hydrogen-bond donors (Lipinski definition) is 1. The van der Waals surface area contributed by atoms with Gasteiger partial charge in [0.25, 0.3) is 5.91 Å². The highest BCUT2D eigenvalue weighted by atomic mass is 19.2. The van der Waals surface area contributed by atoms with Crippen molar-refractivity contribution >= 4 is 11.7 Å². The summed E-state index contributed by atoms with van der Waals surface area (Å²) in [6, 6.07) is 7.57. The van der Waals surface area contributed by atoms with Gasteiger partial charge in [0.05, 0.1) is 0 Å². The smallest absolute Gasteiger partial charge is 0.271 e. The predicted molar refractivity (Wildman–Crippen MR) is 90.4 cm³/mol. The molecule has 1 amide bonds. The molecule has 3 rings (SSSR count). The van der Waals surface area contributed by atoms with Crippen LogP contribution < -0.4 is 10.2 Å². The maximum Gasteiger partial charge on any atom is 0.271 e. The van der Waals surface area contributed by atoms with Crippen molar-refractivity contribution in [3.05, 3.63) is 53.2 Å². The first-order valence-corrected chi connectivity index (χ1v) is 8.31. The normalized spacial score (nSPS) is 15.2. The molecule has 1 fully saturated rings. The lowest BCUT2D eigenvalue weighted by atomic mass is 9.90. The minimum absolute atomic E-state index is 0.260. The molecule has 0 saturated carbocycles. The lowest BCUT2D eigenvalue weighted by Crippen LogP contribution is -2.35. The highest BCUT2D eigenvalue weighted by Crippen LogP contribution is 2.25. The van der Waals surface area contributed by atoms with E-state index in [1.165, 1.54) is 12.1 Å². The number of carbonyl (C=O) groups excluding carboxylic acids is 1. The van der Waals surface area contributed by atoms with Crippen LogP contribution in [0.2, 0.25) is 0 Å². The number of piperidine rings is 1. The summed E-state index contributed by atoms with van der Waals surface area (Å²) >= 11 is 0. The summed E-state index contributed by atoms with van der Waals surface area (Å²) in [6.07, 6.45) is 2.63. The fourth-order valence-corrected chi connectivity index (χ4v) is 3.11. The van der Waals surface area contributed by atoms with Crippen molar-refractivity contribution in [2.75, 3.05) is 25.0 Å². The zero-order valence-electron chi connectivity index (χ0n) is 14.0. The molecule has 5 nitrogen and oxygen atoms in total. The molecule has 132 valence electrons. The van der Waals surface area contributed by atoms with Crippen LogP contribution >= 0.6 is 0 Å². The lowest BCUT2D eigenvalue weighted by Gasteiger charge is -2.32. The van der Waals surface area contributed by atoms with Gasteiger partial charge in [-0.3, -0.25) is 4.79 Å². The second kappa shape index (κ2) is 7.55. The third-order valence-corrected chi connectivity index (χ3v) is 4.56. The molecule has 0 radical (unpaired) electrons. The predicted octanol–water partition coefficient (Wildman–Crippen LogP) is 2.57. The van der Waals surface area contributed by atoms with Gasteiger partial charge in [0.15, 0.2) is 23.1 Å². The molecule has 1 N–H and O–H groups in total. The summed E-state index contributed by atoms with van der Waals surface area (Å²) in [5, 5.41) is 10.6. The average Bonchev–Trinajstić information content (AvgIpc) is 2.65. The van der Waals surface area contributed by atoms with E-state index in [2.05, 4.69) is 20.4 Å². The molecule has 25 heavy (non-hydrogen) atoms. The van der Waals surface area contributed by atoms with Crippen molar-refractivity contribution in [1.82, 2.24) is 15.5 Å². The van der Waals surface area contributed by atoms with Crippen LogP contribution in [0, 0.1) is 17.6 Å². The summed E-state index contributed by atoms with van der Waals surface area (Å²) in [5.41, 5.74) is 1.12. The van der Waals surface area contributed by atoms with Crippen LogP contribution in [0.5, 0.6) is 0 Å². The van der Waals surface area contributed by atoms with E-state index >= 15 is 0 Å². The van der Waals surface area contributed by atoms with Gasteiger partial charge in [0.2, 0.25) is 0 Å². The first-order chi connectivity index (χ1) is 12.1. The van der Waals surface area contributed by atoms with E-state index in [1.807, 2.05) is 0 Å². The molecule has 0 atom stereocenters. The maximum absolute atomic E-state index is 13.3. The Labute approximate surface area is 145 Å². The van der Waals surface area contributed by atoms with Crippen LogP contribution in [0.25, 0.3) is 0 Å². The van der Waals surface area contributed by atoms with Crippen molar-refractivity contribution in [1.29, 1.82) is 0 Å². The summed E-state index contributed by atoms with van der Waals surface area (Å²) in [5.74, 6) is -0.679. The van der Waals surface area contributed by atoms with Crippen molar-refractivity contribution in [2.24, 2.45) is 5.92 Å². The van der Waals surface area contributed by atoms with Crippen LogP contribution in [0.15, 0.2) is 30.3 Å². The summed E-state index contributed by atoms with van der Waals surface area (Å²) in [7, 11) is 1.55. The van der Waals surface area contributed by atoms with Gasteiger partial charge in [-0.15, -0.1) is 10.2 Å². The number of rotatable bonds is 4. The SMILES string of the molecule is CNC(=O)c1ccc(N2CCC(Cc3ccc(F)c(F)c3)CC2)nn1. The largest absolute Gasteiger partial charge is 0.355 e. The molecule has 2 heterocycles. The van der Waals surface area contributed by atoms with Crippen LogP contribution in [-0.4, -0.2) is 36.2 Å². The molecule has 1 aromatic carbocycles. The Morgan fingerprint density at radius 1 is 1.16 bits per heavy atom. The van der Waals surface area contributed by atoms with Crippen molar-refractivity contribution in [3.8, 4) is 0 Å². The molecule has 0 aliphatic carbocycles. The number of carbonyl (C=O) groups is 1. The monoisotopic (exact) mass is 346 g/mol. The quantitative estimate of drug-likeness (QED) is 0.924. The second-order valence-electron chi connectivity index (χ2n) is 6.24. The molecule has 1 aliphatic heterocycles. The summed E-state index contributed by atoms with van der Waals surface area (Å²) in [6.45, 7) is 1.64. The number of hydrogen-bond acceptors (Lipinski definition) is 4. The van der Waals surface area contributed by atoms with E-state index in [0.29, 0.717) is 11.6 Å². The van der Waals surface area contributed by atoms with Gasteiger partial charge < -0.3 is 10.2 Å². The Kier molecular flexibility index (Phi) is 5.21. The molecule has 0 unspecified atom stereocenters. The second-order valence-corrected chi connectivity index (χ2v) is 6.24. The third-order valence-electron chi connectivity index (χ3n) is 4.56. The van der Waals surface area contributed by atoms with Gasteiger partial charge in [-0.1, -0.05) is 6.07 Å². The molecule has 1 aromatic heterocycles. The highest BCUT2D eigenvalue weighted by Gasteiger charge is 2.21. The molecular weight excluding hydrogens is 326 g/mol. The van der Waals surface area contributed by atoms with E-state index in [0.717, 1.165) is 43.7 Å². The number of nitrogens with zero attached hydrogens (tertiary/aromatic N) is 3. The molecule has 1 aliphatic rings. The lowest BCUT2D eigenvalue weighted by molar-refractivity contribution is 0.0957. The average molecular weight is 346 g/mol. The van der Waals surface area contributed by atoms with Crippen molar-refractivity contribution in [2.45, 2.75) is 19.3 Å². The zero-order valence-corrected chi connectivity index (χ0v) is 14.0. The molecule has 7 heteroatoms. The maximum atomic E-state index is 13.3. The van der Waals surface area contributed by atoms with Gasteiger partial charge in [0.1, 0.15) is 0 Å². The van der Waals surface area contributed by atoms with Crippen LogP contribution in [0.1, 0.15) is 28.9 Å². The van der Waals surface area contributed by atoms with Gasteiger partial charge in [0, 0.05) is 20.1 Å². The van der Waals surface area contributed by atoms with E-state index in [1.54, 1.807) is 25.2 Å². The Hall–Kier alpha value is -2.57. The van der Waals surface area contributed by atoms with Gasteiger partial charge >= 0.3 is 0 Å². The van der Waals surface area contributed by atoms with Crippen molar-refractivity contribution < 1.29 is 13.6 Å². The van der Waals surface area contributed by atoms with Gasteiger partial charge in [-0.25, -0.2) is 8.78 Å². The van der Waals surface area contributed by atoms with Gasteiger partial charge in [-0.2, -0.15) is 0 Å². The van der Waals surface area contributed by atoms with Gasteiger partial charge in [-0.05, 0) is 55.0 Å². The molecule has 0 spiro atoms. The standard InChI is InChI=1S/C18H20F2N4O/c1-21-18(25)16-4-5-17(23-22-16)24-8-6-12(7-9-24)10-13-2-3-14(19)15(20)11-13/h2-5,11-12H,6-10H2,1H3,(H,21,25). The number of benzene rings is 1. The Morgan fingerprint density at radius 2 is 1.92 bits per heavy atom. The highest BCUT2D eigenvalue weighted by molar-refractivity contribution is 5.91. The summed E-state index contributed by atoms with van der Waals surface area (Å²) in [4.78, 5) is 13.6. The molecule has 2 aromatic rings.